The fourth-order valence-electron chi connectivity index (χ4n) is 1.93. The van der Waals surface area contributed by atoms with E-state index in [1.54, 1.807) is 4.90 Å². The molecular weight excluding hydrogens is 216 g/mol. The molecule has 1 fully saturated rings. The lowest BCUT2D eigenvalue weighted by molar-refractivity contribution is -0.130. The van der Waals surface area contributed by atoms with Gasteiger partial charge in [0.25, 0.3) is 0 Å². The lowest BCUT2D eigenvalue weighted by atomic mass is 9.99. The van der Waals surface area contributed by atoms with Gasteiger partial charge in [0.05, 0.1) is 5.92 Å². The van der Waals surface area contributed by atoms with Gasteiger partial charge in [-0.05, 0) is 34.1 Å². The van der Waals surface area contributed by atoms with Crippen molar-refractivity contribution in [3.8, 4) is 0 Å². The third-order valence-electron chi connectivity index (χ3n) is 3.50. The van der Waals surface area contributed by atoms with Crippen molar-refractivity contribution in [3.05, 3.63) is 0 Å². The first-order chi connectivity index (χ1) is 7.76. The zero-order valence-electron chi connectivity index (χ0n) is 11.5. The van der Waals surface area contributed by atoms with Gasteiger partial charge in [0, 0.05) is 24.5 Å². The van der Waals surface area contributed by atoms with Gasteiger partial charge in [-0.25, -0.2) is 0 Å². The van der Waals surface area contributed by atoms with Crippen LogP contribution in [0.4, 0.5) is 0 Å². The molecule has 0 radical (unpaired) electrons. The minimum Gasteiger partial charge on any atom is -0.351 e. The van der Waals surface area contributed by atoms with Crippen molar-refractivity contribution < 1.29 is 9.59 Å². The number of likely N-dealkylation sites (tertiary alicyclic amines) is 1. The highest BCUT2D eigenvalue weighted by Gasteiger charge is 2.36. The molecule has 1 rings (SSSR count). The Morgan fingerprint density at radius 1 is 1.53 bits per heavy atom. The van der Waals surface area contributed by atoms with Crippen LogP contribution in [0.1, 0.15) is 47.5 Å². The highest BCUT2D eigenvalue weighted by molar-refractivity contribution is 5.89. The highest BCUT2D eigenvalue weighted by atomic mass is 16.2. The van der Waals surface area contributed by atoms with Crippen LogP contribution < -0.4 is 5.32 Å². The Hall–Kier alpha value is -1.06. The van der Waals surface area contributed by atoms with E-state index in [0.29, 0.717) is 13.0 Å². The minimum absolute atomic E-state index is 0.00773. The van der Waals surface area contributed by atoms with Crippen molar-refractivity contribution >= 4 is 11.8 Å². The number of carbonyl (C=O) groups is 2. The van der Waals surface area contributed by atoms with Crippen LogP contribution in [0, 0.1) is 5.92 Å². The summed E-state index contributed by atoms with van der Waals surface area (Å²) in [6, 6.07) is 0.180. The van der Waals surface area contributed by atoms with Crippen LogP contribution in [0.15, 0.2) is 0 Å². The Bertz CT molecular complexity index is 311. The van der Waals surface area contributed by atoms with Crippen LogP contribution >= 0.6 is 0 Å². The van der Waals surface area contributed by atoms with E-state index >= 15 is 0 Å². The van der Waals surface area contributed by atoms with E-state index in [2.05, 4.69) is 5.32 Å². The molecule has 1 atom stereocenters. The van der Waals surface area contributed by atoms with E-state index in [0.717, 1.165) is 6.42 Å². The van der Waals surface area contributed by atoms with Crippen LogP contribution in [0.3, 0.4) is 0 Å². The molecule has 0 saturated carbocycles. The Balaban J connectivity index is 2.59. The van der Waals surface area contributed by atoms with Crippen LogP contribution in [-0.4, -0.2) is 34.8 Å². The van der Waals surface area contributed by atoms with Crippen LogP contribution in [0.25, 0.3) is 0 Å². The van der Waals surface area contributed by atoms with Gasteiger partial charge < -0.3 is 10.2 Å². The molecule has 98 valence electrons. The van der Waals surface area contributed by atoms with E-state index < -0.39 is 0 Å². The summed E-state index contributed by atoms with van der Waals surface area (Å²) < 4.78 is 0. The fraction of sp³-hybridized carbons (Fsp3) is 0.846. The lowest BCUT2D eigenvalue weighted by Crippen LogP contribution is -2.46. The third kappa shape index (κ3) is 3.45. The number of nitrogens with zero attached hydrogens (tertiary/aromatic N) is 1. The molecule has 1 saturated heterocycles. The van der Waals surface area contributed by atoms with E-state index in [1.165, 1.54) is 0 Å². The van der Waals surface area contributed by atoms with Crippen molar-refractivity contribution in [3.63, 3.8) is 0 Å². The van der Waals surface area contributed by atoms with Gasteiger partial charge in [-0.3, -0.25) is 9.59 Å². The maximum Gasteiger partial charge on any atom is 0.225 e. The molecule has 4 nitrogen and oxygen atoms in total. The molecule has 0 aromatic rings. The Labute approximate surface area is 104 Å². The molecule has 0 spiro atoms. The first kappa shape index (κ1) is 14.0. The molecule has 4 heteroatoms. The van der Waals surface area contributed by atoms with Crippen LogP contribution in [0.2, 0.25) is 0 Å². The maximum absolute atomic E-state index is 12.0. The molecule has 0 aromatic carbocycles. The number of rotatable bonds is 4. The smallest absolute Gasteiger partial charge is 0.225 e. The summed E-state index contributed by atoms with van der Waals surface area (Å²) in [6.07, 6.45) is 1.23. The third-order valence-corrected chi connectivity index (χ3v) is 3.50. The summed E-state index contributed by atoms with van der Waals surface area (Å²) in [5.74, 6) is -0.0847. The number of nitrogens with one attached hydrogen (secondary N) is 1. The molecule has 0 aliphatic carbocycles. The Morgan fingerprint density at radius 3 is 2.53 bits per heavy atom. The number of carbonyl (C=O) groups excluding carboxylic acids is 2. The van der Waals surface area contributed by atoms with E-state index in [-0.39, 0.29) is 29.3 Å². The van der Waals surface area contributed by atoms with Gasteiger partial charge >= 0.3 is 0 Å². The lowest BCUT2D eigenvalue weighted by Gasteiger charge is -2.26. The second-order valence-electron chi connectivity index (χ2n) is 5.77. The first-order valence-electron chi connectivity index (χ1n) is 6.38. The Kier molecular flexibility index (Phi) is 4.17. The largest absolute Gasteiger partial charge is 0.351 e. The second kappa shape index (κ2) is 5.07. The normalized spacial score (nSPS) is 21.2. The van der Waals surface area contributed by atoms with Crippen LogP contribution in [-0.2, 0) is 9.59 Å². The van der Waals surface area contributed by atoms with Crippen molar-refractivity contribution in [2.45, 2.75) is 59.0 Å². The van der Waals surface area contributed by atoms with E-state index in [9.17, 15) is 9.59 Å². The zero-order valence-corrected chi connectivity index (χ0v) is 11.5. The average molecular weight is 240 g/mol. The monoisotopic (exact) mass is 240 g/mol. The molecule has 1 aliphatic rings. The number of hydrogen-bond donors (Lipinski definition) is 1. The van der Waals surface area contributed by atoms with Gasteiger partial charge in [0.1, 0.15) is 0 Å². The molecule has 2 amide bonds. The van der Waals surface area contributed by atoms with Gasteiger partial charge in [0.15, 0.2) is 0 Å². The Morgan fingerprint density at radius 2 is 2.12 bits per heavy atom. The zero-order chi connectivity index (χ0) is 13.2. The summed E-state index contributed by atoms with van der Waals surface area (Å²) in [6.45, 7) is 10.6. The molecule has 0 aromatic heterocycles. The van der Waals surface area contributed by atoms with Gasteiger partial charge in [0.2, 0.25) is 11.8 Å². The van der Waals surface area contributed by atoms with Crippen molar-refractivity contribution in [2.24, 2.45) is 5.92 Å². The summed E-state index contributed by atoms with van der Waals surface area (Å²) >= 11 is 0. The molecule has 1 aliphatic heterocycles. The number of hydrogen-bond acceptors (Lipinski definition) is 2. The molecule has 17 heavy (non-hydrogen) atoms. The SMILES string of the molecule is CCC(C)(C)NC(=O)C1CC(=O)N(C(C)C)C1. The predicted octanol–water partition coefficient (Wildman–Crippen LogP) is 1.55. The number of amides is 2. The molecular formula is C13H24N2O2. The van der Waals surface area contributed by atoms with E-state index in [1.807, 2.05) is 34.6 Å². The highest BCUT2D eigenvalue weighted by Crippen LogP contribution is 2.21. The minimum atomic E-state index is -0.189. The molecule has 1 heterocycles. The summed E-state index contributed by atoms with van der Waals surface area (Å²) in [5, 5.41) is 3.01. The molecule has 1 N–H and O–H groups in total. The quantitative estimate of drug-likeness (QED) is 0.810. The standard InChI is InChI=1S/C13H24N2O2/c1-6-13(4,5)14-12(17)10-7-11(16)15(8-10)9(2)3/h9-10H,6-8H2,1-5H3,(H,14,17). The van der Waals surface area contributed by atoms with Crippen molar-refractivity contribution in [2.75, 3.05) is 6.54 Å². The summed E-state index contributed by atoms with van der Waals surface area (Å²) in [5.41, 5.74) is -0.189. The van der Waals surface area contributed by atoms with Crippen LogP contribution in [0.5, 0.6) is 0 Å². The summed E-state index contributed by atoms with van der Waals surface area (Å²) in [4.78, 5) is 25.5. The van der Waals surface area contributed by atoms with Gasteiger partial charge in [-0.2, -0.15) is 0 Å². The van der Waals surface area contributed by atoms with Gasteiger partial charge in [-0.1, -0.05) is 6.92 Å². The molecule has 0 bridgehead atoms. The average Bonchev–Trinajstić information content (AvgIpc) is 2.60. The second-order valence-corrected chi connectivity index (χ2v) is 5.77. The molecule has 1 unspecified atom stereocenters. The predicted molar refractivity (Wildman–Crippen MR) is 67.5 cm³/mol. The maximum atomic E-state index is 12.0. The van der Waals surface area contributed by atoms with E-state index in [4.69, 9.17) is 0 Å². The van der Waals surface area contributed by atoms with Crippen molar-refractivity contribution in [1.29, 1.82) is 0 Å². The van der Waals surface area contributed by atoms with Gasteiger partial charge in [-0.15, -0.1) is 0 Å². The fourth-order valence-corrected chi connectivity index (χ4v) is 1.93. The summed E-state index contributed by atoms with van der Waals surface area (Å²) in [7, 11) is 0. The first-order valence-corrected chi connectivity index (χ1v) is 6.38. The van der Waals surface area contributed by atoms with Crippen molar-refractivity contribution in [1.82, 2.24) is 10.2 Å². The topological polar surface area (TPSA) is 49.4 Å².